The Hall–Kier alpha value is -4.84. The molecule has 2 aliphatic rings. The number of β-lactam (4-membered cyclic amide) rings is 1. The topological polar surface area (TPSA) is 227 Å². The number of imide groups is 1. The number of fused-ring (bicyclic) bond motifs is 1. The van der Waals surface area contributed by atoms with Gasteiger partial charge in [0.1, 0.15) is 35.2 Å². The van der Waals surface area contributed by atoms with Gasteiger partial charge < -0.3 is 25.7 Å². The maximum absolute atomic E-state index is 13.7. The van der Waals surface area contributed by atoms with Gasteiger partial charge in [-0.2, -0.15) is 0 Å². The molecule has 18 heteroatoms. The SMILES string of the molecule is Cn1nnnc1SCC1=C(C(=O)O)N2C(=O)C(NC(=O)C(c3ccc(O)cc3)N(C(N)=O)C(=O)c3ccoc3)[C@@H]2SC1. The summed E-state index contributed by atoms with van der Waals surface area (Å²) in [4.78, 5) is 66.4. The molecule has 2 aliphatic heterocycles. The summed E-state index contributed by atoms with van der Waals surface area (Å²) >= 11 is 2.46. The van der Waals surface area contributed by atoms with Crippen molar-refractivity contribution in [2.45, 2.75) is 22.6 Å². The number of hydrogen-bond donors (Lipinski definition) is 4. The van der Waals surface area contributed by atoms with Crippen molar-refractivity contribution in [3.05, 3.63) is 65.3 Å². The van der Waals surface area contributed by atoms with Crippen molar-refractivity contribution in [3.8, 4) is 5.75 Å². The van der Waals surface area contributed by atoms with Crippen LogP contribution in [0.1, 0.15) is 22.0 Å². The molecule has 2 aromatic heterocycles. The molecule has 0 saturated carbocycles. The van der Waals surface area contributed by atoms with Crippen LogP contribution in [0, 0.1) is 0 Å². The maximum atomic E-state index is 13.7. The molecule has 1 saturated heterocycles. The van der Waals surface area contributed by atoms with Gasteiger partial charge in [0.2, 0.25) is 11.1 Å². The standard InChI is InChI=1S/C24H22N8O8S2/c1-30-24(27-28-29-30)42-10-13-9-41-21-15(20(36)31(21)17(13)22(37)38)26-18(34)16(11-2-4-14(33)5-3-11)32(23(25)39)19(35)12-6-7-40-8-12/h2-8,15-16,21,33H,9-10H2,1H3,(H2,25,39)(H,26,34)(H,37,38)/t15?,16?,21-/m0/s1. The van der Waals surface area contributed by atoms with E-state index in [-0.39, 0.29) is 34.1 Å². The Balaban J connectivity index is 1.40. The third kappa shape index (κ3) is 5.28. The number of carboxylic acid groups (broad SMARTS) is 1. The molecule has 218 valence electrons. The highest BCUT2D eigenvalue weighted by atomic mass is 32.2. The van der Waals surface area contributed by atoms with Crippen LogP contribution in [-0.2, 0) is 21.4 Å². The van der Waals surface area contributed by atoms with E-state index < -0.39 is 47.2 Å². The molecule has 0 aliphatic carbocycles. The van der Waals surface area contributed by atoms with E-state index in [0.717, 1.165) is 11.2 Å². The van der Waals surface area contributed by atoms with Gasteiger partial charge in [-0.3, -0.25) is 19.3 Å². The van der Waals surface area contributed by atoms with E-state index in [1.165, 1.54) is 64.8 Å². The summed E-state index contributed by atoms with van der Waals surface area (Å²) in [5, 5.41) is 33.1. The van der Waals surface area contributed by atoms with Gasteiger partial charge in [0.05, 0.1) is 11.8 Å². The number of aliphatic carboxylic acids is 1. The summed E-state index contributed by atoms with van der Waals surface area (Å²) in [6, 6.07) is 2.39. The van der Waals surface area contributed by atoms with E-state index in [9.17, 15) is 34.2 Å². The fraction of sp³-hybridized carbons (Fsp3) is 0.250. The molecule has 3 atom stereocenters. The number of furan rings is 1. The zero-order valence-electron chi connectivity index (χ0n) is 21.6. The number of carbonyl (C=O) groups is 5. The summed E-state index contributed by atoms with van der Waals surface area (Å²) in [5.74, 6) is -3.53. The molecule has 5 rings (SSSR count). The van der Waals surface area contributed by atoms with Gasteiger partial charge in [0.15, 0.2) is 0 Å². The third-order valence-electron chi connectivity index (χ3n) is 6.44. The highest BCUT2D eigenvalue weighted by Gasteiger charge is 2.55. The van der Waals surface area contributed by atoms with Gasteiger partial charge >= 0.3 is 12.0 Å². The number of aryl methyl sites for hydroxylation is 1. The van der Waals surface area contributed by atoms with Crippen molar-refractivity contribution < 1.29 is 38.6 Å². The highest BCUT2D eigenvalue weighted by Crippen LogP contribution is 2.42. The molecule has 3 aromatic rings. The molecule has 0 radical (unpaired) electrons. The summed E-state index contributed by atoms with van der Waals surface area (Å²) in [7, 11) is 1.64. The summed E-state index contributed by atoms with van der Waals surface area (Å²) in [5.41, 5.74) is 5.88. The van der Waals surface area contributed by atoms with E-state index in [1.54, 1.807) is 7.05 Å². The number of aromatic nitrogens is 4. The lowest BCUT2D eigenvalue weighted by Crippen LogP contribution is -2.71. The fourth-order valence-electron chi connectivity index (χ4n) is 4.47. The van der Waals surface area contributed by atoms with E-state index >= 15 is 0 Å². The zero-order valence-corrected chi connectivity index (χ0v) is 23.2. The number of hydrogen-bond acceptors (Lipinski definition) is 12. The molecule has 1 aromatic carbocycles. The first-order chi connectivity index (χ1) is 20.1. The Kier molecular flexibility index (Phi) is 7.90. The zero-order chi connectivity index (χ0) is 30.1. The molecular formula is C24H22N8O8S2. The summed E-state index contributed by atoms with van der Waals surface area (Å²) < 4.78 is 6.36. The Bertz CT molecular complexity index is 1590. The number of nitrogens with zero attached hydrogens (tertiary/aromatic N) is 6. The van der Waals surface area contributed by atoms with Crippen LogP contribution in [0.25, 0.3) is 0 Å². The van der Waals surface area contributed by atoms with Crippen molar-refractivity contribution in [2.24, 2.45) is 12.8 Å². The van der Waals surface area contributed by atoms with Crippen LogP contribution in [0.15, 0.2) is 63.7 Å². The molecule has 5 amide bonds. The van der Waals surface area contributed by atoms with Crippen LogP contribution in [0.4, 0.5) is 4.79 Å². The molecule has 42 heavy (non-hydrogen) atoms. The first kappa shape index (κ1) is 28.7. The van der Waals surface area contributed by atoms with Crippen molar-refractivity contribution in [1.82, 2.24) is 35.3 Å². The second-order valence-electron chi connectivity index (χ2n) is 9.05. The van der Waals surface area contributed by atoms with Gasteiger partial charge in [-0.05, 0) is 39.8 Å². The average molecular weight is 615 g/mol. The highest BCUT2D eigenvalue weighted by molar-refractivity contribution is 8.01. The summed E-state index contributed by atoms with van der Waals surface area (Å²) in [6.07, 6.45) is 2.28. The van der Waals surface area contributed by atoms with Crippen LogP contribution in [0.3, 0.4) is 0 Å². The van der Waals surface area contributed by atoms with Gasteiger partial charge in [-0.15, -0.1) is 16.9 Å². The van der Waals surface area contributed by atoms with Crippen molar-refractivity contribution in [1.29, 1.82) is 0 Å². The van der Waals surface area contributed by atoms with E-state index in [4.69, 9.17) is 10.2 Å². The summed E-state index contributed by atoms with van der Waals surface area (Å²) in [6.45, 7) is 0. The first-order valence-electron chi connectivity index (χ1n) is 12.1. The van der Waals surface area contributed by atoms with Crippen molar-refractivity contribution in [2.75, 3.05) is 11.5 Å². The molecule has 0 bridgehead atoms. The number of carbonyl (C=O) groups excluding carboxylic acids is 4. The number of phenols is 1. The molecular weight excluding hydrogens is 592 g/mol. The minimum absolute atomic E-state index is 0.0575. The number of primary amides is 1. The lowest BCUT2D eigenvalue weighted by molar-refractivity contribution is -0.151. The number of tetrazole rings is 1. The van der Waals surface area contributed by atoms with Crippen LogP contribution in [0.5, 0.6) is 5.75 Å². The van der Waals surface area contributed by atoms with Crippen LogP contribution in [0.2, 0.25) is 0 Å². The average Bonchev–Trinajstić information content (AvgIpc) is 3.65. The van der Waals surface area contributed by atoms with Crippen LogP contribution < -0.4 is 11.1 Å². The van der Waals surface area contributed by atoms with Crippen molar-refractivity contribution in [3.63, 3.8) is 0 Å². The van der Waals surface area contributed by atoms with Gasteiger partial charge in [0, 0.05) is 18.6 Å². The number of nitrogens with one attached hydrogen (secondary N) is 1. The second kappa shape index (κ2) is 11.6. The lowest BCUT2D eigenvalue weighted by Gasteiger charge is -2.49. The minimum Gasteiger partial charge on any atom is -0.508 e. The number of phenolic OH excluding ortho intramolecular Hbond substituents is 1. The number of aromatic hydroxyl groups is 1. The van der Waals surface area contributed by atoms with Crippen LogP contribution in [-0.4, -0.2) is 92.9 Å². The fourth-order valence-corrected chi connectivity index (χ4v) is 6.80. The predicted octanol–water partition coefficient (Wildman–Crippen LogP) is 0.302. The number of urea groups is 1. The Morgan fingerprint density at radius 3 is 2.60 bits per heavy atom. The Morgan fingerprint density at radius 2 is 2.00 bits per heavy atom. The Labute approximate surface area is 244 Å². The molecule has 5 N–H and O–H groups in total. The maximum Gasteiger partial charge on any atom is 0.352 e. The lowest BCUT2D eigenvalue weighted by atomic mass is 10.00. The van der Waals surface area contributed by atoms with Crippen molar-refractivity contribution >= 4 is 53.2 Å². The number of carboxylic acids is 1. The molecule has 4 heterocycles. The Morgan fingerprint density at radius 1 is 1.26 bits per heavy atom. The molecule has 0 spiro atoms. The normalized spacial score (nSPS) is 18.6. The van der Waals surface area contributed by atoms with E-state index in [1.807, 2.05) is 0 Å². The molecule has 2 unspecified atom stereocenters. The quantitative estimate of drug-likeness (QED) is 0.188. The number of nitrogens with two attached hydrogens (primary N) is 1. The van der Waals surface area contributed by atoms with Gasteiger partial charge in [-0.25, -0.2) is 19.2 Å². The number of amides is 5. The first-order valence-corrected chi connectivity index (χ1v) is 14.1. The van der Waals surface area contributed by atoms with Gasteiger partial charge in [0.25, 0.3) is 11.8 Å². The number of benzene rings is 1. The largest absolute Gasteiger partial charge is 0.508 e. The third-order valence-corrected chi connectivity index (χ3v) is 8.88. The predicted molar refractivity (Wildman–Crippen MR) is 145 cm³/mol. The smallest absolute Gasteiger partial charge is 0.352 e. The van der Waals surface area contributed by atoms with E-state index in [2.05, 4.69) is 20.8 Å². The van der Waals surface area contributed by atoms with Gasteiger partial charge in [-0.1, -0.05) is 23.9 Å². The van der Waals surface area contributed by atoms with Crippen LogP contribution >= 0.6 is 23.5 Å². The molecule has 1 fully saturated rings. The number of rotatable bonds is 9. The van der Waals surface area contributed by atoms with E-state index in [0.29, 0.717) is 15.6 Å². The monoisotopic (exact) mass is 614 g/mol. The molecule has 16 nitrogen and oxygen atoms in total. The second-order valence-corrected chi connectivity index (χ2v) is 11.1. The number of thioether (sulfide) groups is 2. The minimum atomic E-state index is -1.64.